The molecule has 0 aliphatic carbocycles. The Kier molecular flexibility index (Phi) is 5.06. The van der Waals surface area contributed by atoms with E-state index in [1.807, 2.05) is 24.3 Å². The van der Waals surface area contributed by atoms with Gasteiger partial charge in [-0.1, -0.05) is 29.8 Å². The number of ether oxygens (including phenoxy) is 2. The molecular weight excluding hydrogens is 288 g/mol. The topological polar surface area (TPSA) is 68.3 Å². The summed E-state index contributed by atoms with van der Waals surface area (Å²) in [5.74, 6) is 1.26. The number of nitrogens with two attached hydrogens (primary N) is 1. The molecule has 0 atom stereocenters. The first-order valence-corrected chi connectivity index (χ1v) is 6.88. The first kappa shape index (κ1) is 15.2. The minimum absolute atomic E-state index is 0.0972. The van der Waals surface area contributed by atoms with Crippen LogP contribution in [0.5, 0.6) is 11.5 Å². The standard InChI is InChI=1S/C16H17ClN2O2/c1-20-12-7-5-11(6-8-12)9-10-21-14-4-2-3-13(17)15(14)16(18)19/h2-8H,9-10H2,1H3,(H3,18,19). The van der Waals surface area contributed by atoms with Crippen LogP contribution in [0.3, 0.4) is 0 Å². The number of nitrogens with one attached hydrogen (secondary N) is 1. The Labute approximate surface area is 129 Å². The molecule has 0 aliphatic heterocycles. The Hall–Kier alpha value is -2.20. The van der Waals surface area contributed by atoms with Gasteiger partial charge in [0.15, 0.2) is 0 Å². The molecule has 0 bridgehead atoms. The molecule has 0 amide bonds. The van der Waals surface area contributed by atoms with E-state index in [1.165, 1.54) is 0 Å². The van der Waals surface area contributed by atoms with Gasteiger partial charge in [0, 0.05) is 6.42 Å². The zero-order valence-corrected chi connectivity index (χ0v) is 12.5. The van der Waals surface area contributed by atoms with Crippen LogP contribution in [-0.4, -0.2) is 19.6 Å². The number of methoxy groups -OCH3 is 1. The minimum atomic E-state index is -0.0972. The fourth-order valence-electron chi connectivity index (χ4n) is 1.96. The van der Waals surface area contributed by atoms with Crippen LogP contribution < -0.4 is 15.2 Å². The van der Waals surface area contributed by atoms with E-state index in [2.05, 4.69) is 0 Å². The first-order chi connectivity index (χ1) is 10.1. The number of nitrogen functional groups attached to an aromatic ring is 1. The van der Waals surface area contributed by atoms with Crippen molar-refractivity contribution in [2.75, 3.05) is 13.7 Å². The molecule has 110 valence electrons. The summed E-state index contributed by atoms with van der Waals surface area (Å²) in [6.07, 6.45) is 0.744. The molecule has 4 nitrogen and oxygen atoms in total. The monoisotopic (exact) mass is 304 g/mol. The zero-order valence-electron chi connectivity index (χ0n) is 11.7. The summed E-state index contributed by atoms with van der Waals surface area (Å²) in [7, 11) is 1.64. The summed E-state index contributed by atoms with van der Waals surface area (Å²) in [6, 6.07) is 13.0. The molecule has 0 aliphatic rings. The van der Waals surface area contributed by atoms with Crippen LogP contribution in [-0.2, 0) is 6.42 Å². The van der Waals surface area contributed by atoms with Gasteiger partial charge in [0.05, 0.1) is 24.3 Å². The molecular formula is C16H17ClN2O2. The predicted molar refractivity (Wildman–Crippen MR) is 84.7 cm³/mol. The molecule has 0 saturated carbocycles. The molecule has 0 unspecified atom stereocenters. The van der Waals surface area contributed by atoms with Gasteiger partial charge in [-0.3, -0.25) is 5.41 Å². The molecule has 3 N–H and O–H groups in total. The Morgan fingerprint density at radius 3 is 2.52 bits per heavy atom. The van der Waals surface area contributed by atoms with Crippen molar-refractivity contribution in [2.45, 2.75) is 6.42 Å². The molecule has 5 heteroatoms. The van der Waals surface area contributed by atoms with Gasteiger partial charge in [0.1, 0.15) is 17.3 Å². The van der Waals surface area contributed by atoms with E-state index in [0.29, 0.717) is 22.9 Å². The van der Waals surface area contributed by atoms with Crippen molar-refractivity contribution in [3.63, 3.8) is 0 Å². The third-order valence-corrected chi connectivity index (χ3v) is 3.37. The average Bonchev–Trinajstić information content (AvgIpc) is 2.47. The summed E-state index contributed by atoms with van der Waals surface area (Å²) < 4.78 is 10.8. The molecule has 0 aromatic heterocycles. The van der Waals surface area contributed by atoms with E-state index in [0.717, 1.165) is 17.7 Å². The second-order valence-electron chi connectivity index (χ2n) is 4.47. The summed E-state index contributed by atoms with van der Waals surface area (Å²) in [5.41, 5.74) is 7.11. The lowest BCUT2D eigenvalue weighted by molar-refractivity contribution is 0.321. The molecule has 2 aromatic carbocycles. The summed E-state index contributed by atoms with van der Waals surface area (Å²) in [6.45, 7) is 0.479. The van der Waals surface area contributed by atoms with E-state index in [4.69, 9.17) is 32.2 Å². The number of rotatable bonds is 6. The van der Waals surface area contributed by atoms with Crippen LogP contribution in [0.25, 0.3) is 0 Å². The zero-order chi connectivity index (χ0) is 15.2. The van der Waals surface area contributed by atoms with Crippen LogP contribution >= 0.6 is 11.6 Å². The van der Waals surface area contributed by atoms with Gasteiger partial charge in [0.25, 0.3) is 0 Å². The highest BCUT2D eigenvalue weighted by Crippen LogP contribution is 2.26. The lowest BCUT2D eigenvalue weighted by atomic mass is 10.1. The Balaban J connectivity index is 2.00. The van der Waals surface area contributed by atoms with Crippen LogP contribution in [0.2, 0.25) is 5.02 Å². The van der Waals surface area contributed by atoms with Crippen LogP contribution in [0.1, 0.15) is 11.1 Å². The quantitative estimate of drug-likeness (QED) is 0.636. The first-order valence-electron chi connectivity index (χ1n) is 6.50. The Morgan fingerprint density at radius 1 is 1.19 bits per heavy atom. The maximum Gasteiger partial charge on any atom is 0.131 e. The van der Waals surface area contributed by atoms with E-state index in [1.54, 1.807) is 25.3 Å². The molecule has 0 heterocycles. The van der Waals surface area contributed by atoms with E-state index in [-0.39, 0.29) is 5.84 Å². The van der Waals surface area contributed by atoms with E-state index >= 15 is 0 Å². The highest BCUT2D eigenvalue weighted by molar-refractivity contribution is 6.34. The maximum absolute atomic E-state index is 7.56. The molecule has 0 spiro atoms. The van der Waals surface area contributed by atoms with Crippen LogP contribution in [0.15, 0.2) is 42.5 Å². The number of amidine groups is 1. The summed E-state index contributed by atoms with van der Waals surface area (Å²) in [4.78, 5) is 0. The number of benzene rings is 2. The molecule has 2 rings (SSSR count). The normalized spacial score (nSPS) is 10.2. The number of hydrogen-bond acceptors (Lipinski definition) is 3. The minimum Gasteiger partial charge on any atom is -0.497 e. The fraction of sp³-hybridized carbons (Fsp3) is 0.188. The van der Waals surface area contributed by atoms with Gasteiger partial charge < -0.3 is 15.2 Å². The molecule has 0 radical (unpaired) electrons. The Bertz CT molecular complexity index is 627. The van der Waals surface area contributed by atoms with E-state index < -0.39 is 0 Å². The molecule has 0 fully saturated rings. The van der Waals surface area contributed by atoms with Crippen molar-refractivity contribution in [2.24, 2.45) is 5.73 Å². The lowest BCUT2D eigenvalue weighted by Crippen LogP contribution is -2.14. The van der Waals surface area contributed by atoms with Gasteiger partial charge in [-0.05, 0) is 29.8 Å². The molecule has 21 heavy (non-hydrogen) atoms. The highest BCUT2D eigenvalue weighted by atomic mass is 35.5. The van der Waals surface area contributed by atoms with Crippen LogP contribution in [0.4, 0.5) is 0 Å². The third kappa shape index (κ3) is 3.89. The highest BCUT2D eigenvalue weighted by Gasteiger charge is 2.10. The van der Waals surface area contributed by atoms with Gasteiger partial charge in [0.2, 0.25) is 0 Å². The van der Waals surface area contributed by atoms with Crippen molar-refractivity contribution >= 4 is 17.4 Å². The van der Waals surface area contributed by atoms with Crippen molar-refractivity contribution in [1.82, 2.24) is 0 Å². The SMILES string of the molecule is COc1ccc(CCOc2cccc(Cl)c2C(=N)N)cc1. The average molecular weight is 305 g/mol. The van der Waals surface area contributed by atoms with Crippen LogP contribution in [0, 0.1) is 5.41 Å². The van der Waals surface area contributed by atoms with Crippen molar-refractivity contribution < 1.29 is 9.47 Å². The second-order valence-corrected chi connectivity index (χ2v) is 4.88. The largest absolute Gasteiger partial charge is 0.497 e. The lowest BCUT2D eigenvalue weighted by Gasteiger charge is -2.12. The smallest absolute Gasteiger partial charge is 0.131 e. The van der Waals surface area contributed by atoms with E-state index in [9.17, 15) is 0 Å². The van der Waals surface area contributed by atoms with Gasteiger partial charge in [-0.25, -0.2) is 0 Å². The van der Waals surface area contributed by atoms with Gasteiger partial charge >= 0.3 is 0 Å². The van der Waals surface area contributed by atoms with Crippen molar-refractivity contribution in [3.05, 3.63) is 58.6 Å². The third-order valence-electron chi connectivity index (χ3n) is 3.05. The number of hydrogen-bond donors (Lipinski definition) is 2. The fourth-order valence-corrected chi connectivity index (χ4v) is 2.22. The second kappa shape index (κ2) is 6.99. The molecule has 2 aromatic rings. The molecule has 0 saturated heterocycles. The predicted octanol–water partition coefficient (Wildman–Crippen LogP) is 3.25. The summed E-state index contributed by atoms with van der Waals surface area (Å²) in [5, 5.41) is 7.98. The summed E-state index contributed by atoms with van der Waals surface area (Å²) >= 11 is 6.04. The Morgan fingerprint density at radius 2 is 1.90 bits per heavy atom. The van der Waals surface area contributed by atoms with Gasteiger partial charge in [-0.2, -0.15) is 0 Å². The van der Waals surface area contributed by atoms with Crippen molar-refractivity contribution in [1.29, 1.82) is 5.41 Å². The van der Waals surface area contributed by atoms with Crippen molar-refractivity contribution in [3.8, 4) is 11.5 Å². The maximum atomic E-state index is 7.56. The van der Waals surface area contributed by atoms with Gasteiger partial charge in [-0.15, -0.1) is 0 Å². The number of halogens is 1.